The highest BCUT2D eigenvalue weighted by molar-refractivity contribution is 5.72. The number of ether oxygens (including phenoxy) is 1. The molecule has 1 unspecified atom stereocenters. The lowest BCUT2D eigenvalue weighted by atomic mass is 10.1. The summed E-state index contributed by atoms with van der Waals surface area (Å²) in [6, 6.07) is 0. The molecule has 3 nitrogen and oxygen atoms in total. The zero-order valence-corrected chi connectivity index (χ0v) is 10.1. The molecule has 0 fully saturated rings. The number of carboxylic acids is 1. The van der Waals surface area contributed by atoms with E-state index in [1.807, 2.05) is 0 Å². The summed E-state index contributed by atoms with van der Waals surface area (Å²) in [5.41, 5.74) is 0. The van der Waals surface area contributed by atoms with E-state index in [0.29, 0.717) is 19.4 Å². The number of carboxylic acid groups (broad SMARTS) is 1. The van der Waals surface area contributed by atoms with Gasteiger partial charge in [0.1, 0.15) is 0 Å². The molecule has 0 aliphatic heterocycles. The molecule has 4 heteroatoms. The zero-order chi connectivity index (χ0) is 12.2. The number of hydrogen-bond donors (Lipinski definition) is 1. The van der Waals surface area contributed by atoms with E-state index in [4.69, 9.17) is 9.84 Å². The van der Waals surface area contributed by atoms with Crippen LogP contribution in [0.1, 0.15) is 51.9 Å². The third-order valence-corrected chi connectivity index (χ3v) is 2.49. The van der Waals surface area contributed by atoms with Gasteiger partial charge in [-0.25, -0.2) is 4.79 Å². The normalized spacial score (nSPS) is 12.6. The molecule has 0 rings (SSSR count). The van der Waals surface area contributed by atoms with Crippen LogP contribution < -0.4 is 0 Å². The number of carbonyl (C=O) groups is 1. The van der Waals surface area contributed by atoms with Crippen LogP contribution in [0.2, 0.25) is 0 Å². The Bertz CT molecular complexity index is 174. The Morgan fingerprint density at radius 3 is 2.25 bits per heavy atom. The van der Waals surface area contributed by atoms with Crippen LogP contribution in [0.5, 0.6) is 0 Å². The van der Waals surface area contributed by atoms with Crippen molar-refractivity contribution in [1.29, 1.82) is 0 Å². The van der Waals surface area contributed by atoms with Gasteiger partial charge in [-0.3, -0.25) is 4.39 Å². The van der Waals surface area contributed by atoms with E-state index in [2.05, 4.69) is 0 Å². The average molecular weight is 234 g/mol. The average Bonchev–Trinajstić information content (AvgIpc) is 2.26. The van der Waals surface area contributed by atoms with E-state index >= 15 is 0 Å². The molecular weight excluding hydrogens is 211 g/mol. The van der Waals surface area contributed by atoms with Crippen LogP contribution >= 0.6 is 0 Å². The smallest absolute Gasteiger partial charge is 0.332 e. The predicted octanol–water partition coefficient (Wildman–Crippen LogP) is 3.18. The molecule has 0 aromatic rings. The molecule has 0 aliphatic carbocycles. The summed E-state index contributed by atoms with van der Waals surface area (Å²) in [6.07, 6.45) is 5.50. The minimum absolute atomic E-state index is 0.222. The summed E-state index contributed by atoms with van der Waals surface area (Å²) in [5.74, 6) is -0.884. The summed E-state index contributed by atoms with van der Waals surface area (Å²) in [5, 5.41) is 8.71. The molecule has 0 amide bonds. The van der Waals surface area contributed by atoms with Crippen molar-refractivity contribution in [3.8, 4) is 0 Å². The lowest BCUT2D eigenvalue weighted by molar-refractivity contribution is -0.150. The first-order valence-corrected chi connectivity index (χ1v) is 6.12. The van der Waals surface area contributed by atoms with Gasteiger partial charge in [-0.15, -0.1) is 0 Å². The molecular formula is C12H23FO3. The number of unbranched alkanes of at least 4 members (excludes halogenated alkanes) is 5. The molecule has 1 N–H and O–H groups in total. The number of alkyl halides is 1. The van der Waals surface area contributed by atoms with Crippen LogP contribution in [0.25, 0.3) is 0 Å². The fraction of sp³-hybridized carbons (Fsp3) is 0.917. The highest BCUT2D eigenvalue weighted by Crippen LogP contribution is 2.07. The van der Waals surface area contributed by atoms with Crippen molar-refractivity contribution in [1.82, 2.24) is 0 Å². The van der Waals surface area contributed by atoms with Gasteiger partial charge in [0.25, 0.3) is 0 Å². The second-order valence-electron chi connectivity index (χ2n) is 3.92. The SMILES string of the molecule is CCC(OCCCCCCCCF)C(=O)O. The zero-order valence-electron chi connectivity index (χ0n) is 10.1. The van der Waals surface area contributed by atoms with Crippen molar-refractivity contribution in [2.24, 2.45) is 0 Å². The molecule has 0 aliphatic rings. The lowest BCUT2D eigenvalue weighted by Gasteiger charge is -2.10. The van der Waals surface area contributed by atoms with Gasteiger partial charge in [-0.1, -0.05) is 32.6 Å². The molecule has 0 aromatic carbocycles. The molecule has 0 spiro atoms. The van der Waals surface area contributed by atoms with E-state index in [-0.39, 0.29) is 6.67 Å². The molecule has 0 aromatic heterocycles. The highest BCUT2D eigenvalue weighted by atomic mass is 19.1. The van der Waals surface area contributed by atoms with Gasteiger partial charge in [-0.2, -0.15) is 0 Å². The summed E-state index contributed by atoms with van der Waals surface area (Å²) in [7, 11) is 0. The summed E-state index contributed by atoms with van der Waals surface area (Å²) < 4.78 is 17.0. The molecule has 1 atom stereocenters. The van der Waals surface area contributed by atoms with Gasteiger partial charge in [-0.05, 0) is 19.3 Å². The minimum Gasteiger partial charge on any atom is -0.479 e. The number of hydrogen-bond acceptors (Lipinski definition) is 2. The minimum atomic E-state index is -0.884. The van der Waals surface area contributed by atoms with Crippen LogP contribution in [-0.2, 0) is 9.53 Å². The largest absolute Gasteiger partial charge is 0.479 e. The molecule has 0 heterocycles. The van der Waals surface area contributed by atoms with Crippen molar-refractivity contribution in [3.63, 3.8) is 0 Å². The van der Waals surface area contributed by atoms with Gasteiger partial charge in [0.15, 0.2) is 6.10 Å². The van der Waals surface area contributed by atoms with E-state index < -0.39 is 12.1 Å². The molecule has 0 bridgehead atoms. The monoisotopic (exact) mass is 234 g/mol. The molecule has 16 heavy (non-hydrogen) atoms. The third-order valence-electron chi connectivity index (χ3n) is 2.49. The Hall–Kier alpha value is -0.640. The number of aliphatic carboxylic acids is 1. The Kier molecular flexibility index (Phi) is 10.4. The molecule has 0 radical (unpaired) electrons. The molecule has 96 valence electrons. The first kappa shape index (κ1) is 15.4. The Morgan fingerprint density at radius 1 is 1.19 bits per heavy atom. The Labute approximate surface area is 97.0 Å². The van der Waals surface area contributed by atoms with Crippen molar-refractivity contribution in [2.75, 3.05) is 13.3 Å². The Balaban J connectivity index is 3.22. The molecule has 0 saturated heterocycles. The van der Waals surface area contributed by atoms with E-state index in [1.54, 1.807) is 6.92 Å². The maximum atomic E-state index is 11.8. The summed E-state index contributed by atoms with van der Waals surface area (Å²) >= 11 is 0. The summed E-state index contributed by atoms with van der Waals surface area (Å²) in [4.78, 5) is 10.6. The molecule has 0 saturated carbocycles. The van der Waals surface area contributed by atoms with Crippen LogP contribution in [0, 0.1) is 0 Å². The highest BCUT2D eigenvalue weighted by Gasteiger charge is 2.14. The van der Waals surface area contributed by atoms with Crippen molar-refractivity contribution >= 4 is 5.97 Å². The van der Waals surface area contributed by atoms with Crippen molar-refractivity contribution in [2.45, 2.75) is 58.0 Å². The second kappa shape index (κ2) is 10.9. The van der Waals surface area contributed by atoms with Crippen molar-refractivity contribution in [3.05, 3.63) is 0 Å². The van der Waals surface area contributed by atoms with Gasteiger partial charge < -0.3 is 9.84 Å². The quantitative estimate of drug-likeness (QED) is 0.558. The fourth-order valence-electron chi connectivity index (χ4n) is 1.49. The standard InChI is InChI=1S/C12H23FO3/c1-2-11(12(14)15)16-10-8-6-4-3-5-7-9-13/h11H,2-10H2,1H3,(H,14,15). The first-order chi connectivity index (χ1) is 7.72. The number of halogens is 1. The first-order valence-electron chi connectivity index (χ1n) is 6.12. The van der Waals surface area contributed by atoms with Gasteiger partial charge >= 0.3 is 5.97 Å². The maximum absolute atomic E-state index is 11.8. The lowest BCUT2D eigenvalue weighted by Crippen LogP contribution is -2.23. The number of rotatable bonds is 11. The maximum Gasteiger partial charge on any atom is 0.332 e. The van der Waals surface area contributed by atoms with Gasteiger partial charge in [0, 0.05) is 6.61 Å². The predicted molar refractivity (Wildman–Crippen MR) is 61.3 cm³/mol. The van der Waals surface area contributed by atoms with Crippen LogP contribution in [0.3, 0.4) is 0 Å². The van der Waals surface area contributed by atoms with Crippen LogP contribution in [0.4, 0.5) is 4.39 Å². The van der Waals surface area contributed by atoms with Gasteiger partial charge in [0.2, 0.25) is 0 Å². The fourth-order valence-corrected chi connectivity index (χ4v) is 1.49. The van der Waals surface area contributed by atoms with Crippen LogP contribution in [-0.4, -0.2) is 30.5 Å². The van der Waals surface area contributed by atoms with Crippen molar-refractivity contribution < 1.29 is 19.0 Å². The second-order valence-corrected chi connectivity index (χ2v) is 3.92. The van der Waals surface area contributed by atoms with E-state index in [9.17, 15) is 9.18 Å². The van der Waals surface area contributed by atoms with Crippen LogP contribution in [0.15, 0.2) is 0 Å². The van der Waals surface area contributed by atoms with Gasteiger partial charge in [0.05, 0.1) is 6.67 Å². The summed E-state index contributed by atoms with van der Waals surface area (Å²) in [6.45, 7) is 2.09. The third kappa shape index (κ3) is 8.65. The Morgan fingerprint density at radius 2 is 1.75 bits per heavy atom. The van der Waals surface area contributed by atoms with E-state index in [0.717, 1.165) is 32.1 Å². The topological polar surface area (TPSA) is 46.5 Å². The van der Waals surface area contributed by atoms with E-state index in [1.165, 1.54) is 0 Å².